The fraction of sp³-hybridized carbons (Fsp3) is 0.250. The molecule has 0 fully saturated rings. The number of thioether (sulfide) groups is 1. The summed E-state index contributed by atoms with van der Waals surface area (Å²) < 4.78 is 2.05. The number of fused-ring (bicyclic) bond motifs is 1. The van der Waals surface area contributed by atoms with Crippen molar-refractivity contribution in [3.63, 3.8) is 0 Å². The smallest absolute Gasteiger partial charge is 0.168 e. The molecule has 0 bridgehead atoms. The third-order valence-electron chi connectivity index (χ3n) is 2.92. The van der Waals surface area contributed by atoms with Crippen LogP contribution in [0.3, 0.4) is 0 Å². The topological polar surface area (TPSA) is 38.1 Å². The van der Waals surface area contributed by atoms with E-state index in [1.54, 1.807) is 23.9 Å². The lowest BCUT2D eigenvalue weighted by molar-refractivity contribution is 0.271. The largest absolute Gasteiger partial charge is 0.390 e. The van der Waals surface area contributed by atoms with Gasteiger partial charge in [0.05, 0.1) is 23.0 Å². The summed E-state index contributed by atoms with van der Waals surface area (Å²) in [6, 6.07) is 5.31. The SMILES string of the molecule is OCc1c(-c2ccc(Cl)cc2Cl)nc2n1CCS2. The van der Waals surface area contributed by atoms with E-state index in [4.69, 9.17) is 23.2 Å². The molecule has 1 aliphatic heterocycles. The highest BCUT2D eigenvalue weighted by molar-refractivity contribution is 7.99. The van der Waals surface area contributed by atoms with Crippen LogP contribution < -0.4 is 0 Å². The number of nitrogens with zero attached hydrogens (tertiary/aromatic N) is 2. The van der Waals surface area contributed by atoms with Gasteiger partial charge < -0.3 is 9.67 Å². The van der Waals surface area contributed by atoms with Crippen LogP contribution in [0.1, 0.15) is 5.69 Å². The van der Waals surface area contributed by atoms with Gasteiger partial charge in [-0.1, -0.05) is 35.0 Å². The van der Waals surface area contributed by atoms with Gasteiger partial charge in [0.15, 0.2) is 5.16 Å². The zero-order chi connectivity index (χ0) is 12.7. The van der Waals surface area contributed by atoms with Crippen LogP contribution in [-0.4, -0.2) is 20.4 Å². The Hall–Kier alpha value is -0.680. The van der Waals surface area contributed by atoms with Crippen LogP contribution in [0.15, 0.2) is 23.4 Å². The summed E-state index contributed by atoms with van der Waals surface area (Å²) in [4.78, 5) is 4.56. The van der Waals surface area contributed by atoms with Crippen molar-refractivity contribution in [1.29, 1.82) is 0 Å². The first-order valence-electron chi connectivity index (χ1n) is 5.49. The minimum absolute atomic E-state index is 0.0398. The minimum Gasteiger partial charge on any atom is -0.390 e. The maximum absolute atomic E-state index is 9.54. The highest BCUT2D eigenvalue weighted by Gasteiger charge is 2.23. The second kappa shape index (κ2) is 4.78. The maximum atomic E-state index is 9.54. The van der Waals surface area contributed by atoms with E-state index in [1.165, 1.54) is 0 Å². The van der Waals surface area contributed by atoms with Crippen molar-refractivity contribution in [3.05, 3.63) is 33.9 Å². The molecule has 3 nitrogen and oxygen atoms in total. The van der Waals surface area contributed by atoms with Crippen molar-refractivity contribution in [1.82, 2.24) is 9.55 Å². The molecule has 0 radical (unpaired) electrons. The predicted molar refractivity (Wildman–Crippen MR) is 74.3 cm³/mol. The summed E-state index contributed by atoms with van der Waals surface area (Å²) in [5, 5.41) is 11.6. The molecular formula is C12H10Cl2N2OS. The molecule has 2 aromatic rings. The highest BCUT2D eigenvalue weighted by Crippen LogP contribution is 2.36. The third kappa shape index (κ3) is 1.93. The number of hydrogen-bond donors (Lipinski definition) is 1. The Bertz CT molecular complexity index is 612. The van der Waals surface area contributed by atoms with Crippen LogP contribution >= 0.6 is 35.0 Å². The molecule has 1 aliphatic rings. The summed E-state index contributed by atoms with van der Waals surface area (Å²) in [5.41, 5.74) is 2.38. The van der Waals surface area contributed by atoms with Crippen molar-refractivity contribution < 1.29 is 5.11 Å². The molecule has 0 amide bonds. The van der Waals surface area contributed by atoms with Gasteiger partial charge in [0.1, 0.15) is 0 Å². The molecular weight excluding hydrogens is 291 g/mol. The molecule has 1 N–H and O–H groups in total. The van der Waals surface area contributed by atoms with Gasteiger partial charge >= 0.3 is 0 Å². The zero-order valence-corrected chi connectivity index (χ0v) is 11.7. The Labute approximate surface area is 119 Å². The molecule has 94 valence electrons. The predicted octanol–water partition coefficient (Wildman–Crippen LogP) is 3.45. The van der Waals surface area contributed by atoms with E-state index in [-0.39, 0.29) is 6.61 Å². The van der Waals surface area contributed by atoms with Crippen LogP contribution in [0, 0.1) is 0 Å². The van der Waals surface area contributed by atoms with Gasteiger partial charge in [0.2, 0.25) is 0 Å². The van der Waals surface area contributed by atoms with E-state index in [2.05, 4.69) is 4.98 Å². The van der Waals surface area contributed by atoms with Crippen LogP contribution in [0.2, 0.25) is 10.0 Å². The van der Waals surface area contributed by atoms with Gasteiger partial charge in [-0.05, 0) is 18.2 Å². The number of aliphatic hydroxyl groups is 1. The fourth-order valence-corrected chi connectivity index (χ4v) is 3.56. The van der Waals surface area contributed by atoms with Gasteiger partial charge in [-0.15, -0.1) is 0 Å². The van der Waals surface area contributed by atoms with E-state index in [0.717, 1.165) is 34.4 Å². The van der Waals surface area contributed by atoms with Gasteiger partial charge in [0, 0.05) is 22.9 Å². The molecule has 6 heteroatoms. The van der Waals surface area contributed by atoms with Crippen molar-refractivity contribution in [2.75, 3.05) is 5.75 Å². The summed E-state index contributed by atoms with van der Waals surface area (Å²) >= 11 is 13.8. The Morgan fingerprint density at radius 1 is 1.39 bits per heavy atom. The first kappa shape index (κ1) is 12.4. The second-order valence-corrected chi connectivity index (χ2v) is 5.88. The summed E-state index contributed by atoms with van der Waals surface area (Å²) in [6.07, 6.45) is 0. The van der Waals surface area contributed by atoms with E-state index >= 15 is 0 Å². The monoisotopic (exact) mass is 300 g/mol. The number of benzene rings is 1. The van der Waals surface area contributed by atoms with Gasteiger partial charge in [-0.25, -0.2) is 4.98 Å². The van der Waals surface area contributed by atoms with E-state index in [9.17, 15) is 5.11 Å². The van der Waals surface area contributed by atoms with E-state index < -0.39 is 0 Å². The molecule has 3 rings (SSSR count). The normalized spacial score (nSPS) is 13.9. The lowest BCUT2D eigenvalue weighted by Gasteiger charge is -2.06. The van der Waals surface area contributed by atoms with Crippen molar-refractivity contribution in [3.8, 4) is 11.3 Å². The lowest BCUT2D eigenvalue weighted by atomic mass is 10.1. The average molecular weight is 301 g/mol. The number of halogens is 2. The highest BCUT2D eigenvalue weighted by atomic mass is 35.5. The molecule has 1 aromatic carbocycles. The molecule has 2 heterocycles. The zero-order valence-electron chi connectivity index (χ0n) is 9.36. The van der Waals surface area contributed by atoms with Crippen LogP contribution in [0.25, 0.3) is 11.3 Å². The Morgan fingerprint density at radius 3 is 2.94 bits per heavy atom. The molecule has 18 heavy (non-hydrogen) atoms. The van der Waals surface area contributed by atoms with E-state index in [0.29, 0.717) is 10.0 Å². The van der Waals surface area contributed by atoms with Crippen molar-refractivity contribution in [2.24, 2.45) is 0 Å². The first-order valence-corrected chi connectivity index (χ1v) is 7.23. The molecule has 0 aliphatic carbocycles. The molecule has 0 saturated carbocycles. The molecule has 1 aromatic heterocycles. The van der Waals surface area contributed by atoms with Crippen LogP contribution in [0.5, 0.6) is 0 Å². The summed E-state index contributed by atoms with van der Waals surface area (Å²) in [5.74, 6) is 1.00. The van der Waals surface area contributed by atoms with Crippen molar-refractivity contribution >= 4 is 35.0 Å². The minimum atomic E-state index is -0.0398. The Kier molecular flexibility index (Phi) is 3.28. The van der Waals surface area contributed by atoms with Gasteiger partial charge in [-0.3, -0.25) is 0 Å². The summed E-state index contributed by atoms with van der Waals surface area (Å²) in [6.45, 7) is 0.843. The van der Waals surface area contributed by atoms with E-state index in [1.807, 2.05) is 10.6 Å². The van der Waals surface area contributed by atoms with Crippen molar-refractivity contribution in [2.45, 2.75) is 18.3 Å². The molecule has 0 unspecified atom stereocenters. The number of hydrogen-bond acceptors (Lipinski definition) is 3. The lowest BCUT2D eigenvalue weighted by Crippen LogP contribution is -2.01. The molecule has 0 saturated heterocycles. The van der Waals surface area contributed by atoms with Gasteiger partial charge in [-0.2, -0.15) is 0 Å². The number of aromatic nitrogens is 2. The number of aliphatic hydroxyl groups excluding tert-OH is 1. The Morgan fingerprint density at radius 2 is 2.22 bits per heavy atom. The number of rotatable bonds is 2. The molecule has 0 atom stereocenters. The van der Waals surface area contributed by atoms with Crippen LogP contribution in [0.4, 0.5) is 0 Å². The van der Waals surface area contributed by atoms with Crippen LogP contribution in [-0.2, 0) is 13.2 Å². The third-order valence-corrected chi connectivity index (χ3v) is 4.42. The summed E-state index contributed by atoms with van der Waals surface area (Å²) in [7, 11) is 0. The Balaban J connectivity index is 2.17. The fourth-order valence-electron chi connectivity index (χ4n) is 2.09. The number of imidazole rings is 1. The quantitative estimate of drug-likeness (QED) is 0.923. The maximum Gasteiger partial charge on any atom is 0.168 e. The van der Waals surface area contributed by atoms with Gasteiger partial charge in [0.25, 0.3) is 0 Å². The average Bonchev–Trinajstić information content (AvgIpc) is 2.88. The standard InChI is InChI=1S/C12H10Cl2N2OS/c13-7-1-2-8(9(14)5-7)11-10(6-17)16-3-4-18-12(16)15-11/h1-2,5,17H,3-4,6H2. The second-order valence-electron chi connectivity index (χ2n) is 3.97. The molecule has 0 spiro atoms. The first-order chi connectivity index (χ1) is 8.70.